The summed E-state index contributed by atoms with van der Waals surface area (Å²) in [5, 5.41) is 0.603. The van der Waals surface area contributed by atoms with Gasteiger partial charge in [0, 0.05) is 18.1 Å². The summed E-state index contributed by atoms with van der Waals surface area (Å²) in [5.41, 5.74) is 0.879. The van der Waals surface area contributed by atoms with Gasteiger partial charge in [-0.3, -0.25) is 0 Å². The van der Waals surface area contributed by atoms with Crippen molar-refractivity contribution in [3.05, 3.63) is 22.8 Å². The number of rotatable bonds is 3. The van der Waals surface area contributed by atoms with Crippen molar-refractivity contribution in [2.24, 2.45) is 0 Å². The first-order valence-corrected chi connectivity index (χ1v) is 6.58. The second-order valence-electron chi connectivity index (χ2n) is 4.13. The van der Waals surface area contributed by atoms with E-state index in [1.807, 2.05) is 6.07 Å². The molecule has 1 aliphatic rings. The maximum Gasteiger partial charge on any atom is 0.213 e. The normalized spacial score (nSPS) is 17.4. The fourth-order valence-corrected chi connectivity index (χ4v) is 2.44. The van der Waals surface area contributed by atoms with Crippen LogP contribution in [0.2, 0.25) is 5.02 Å². The lowest BCUT2D eigenvalue weighted by Gasteiger charge is -2.22. The fourth-order valence-electron chi connectivity index (χ4n) is 1.98. The number of nitrogens with zero attached hydrogens (tertiary/aromatic N) is 1. The van der Waals surface area contributed by atoms with Crippen LogP contribution < -0.4 is 4.74 Å². The van der Waals surface area contributed by atoms with Crippen molar-refractivity contribution in [2.75, 3.05) is 0 Å². The molecule has 1 fully saturated rings. The van der Waals surface area contributed by atoms with Crippen LogP contribution in [-0.4, -0.2) is 11.1 Å². The molecule has 0 bridgehead atoms. The minimum atomic E-state index is 0.311. The largest absolute Gasteiger partial charge is 0.474 e. The Balaban J connectivity index is 2.03. The molecule has 16 heavy (non-hydrogen) atoms. The molecule has 0 amide bonds. The van der Waals surface area contributed by atoms with E-state index < -0.39 is 0 Å². The minimum absolute atomic E-state index is 0.311. The first-order chi connectivity index (χ1) is 7.79. The lowest BCUT2D eigenvalue weighted by molar-refractivity contribution is 0.148. The third-order valence-electron chi connectivity index (χ3n) is 2.89. The summed E-state index contributed by atoms with van der Waals surface area (Å²) >= 11 is 11.7. The molecule has 0 spiro atoms. The van der Waals surface area contributed by atoms with Crippen molar-refractivity contribution in [1.82, 2.24) is 4.98 Å². The van der Waals surface area contributed by atoms with Crippen LogP contribution in [0.25, 0.3) is 0 Å². The van der Waals surface area contributed by atoms with Crippen LogP contribution in [0.1, 0.15) is 37.7 Å². The zero-order chi connectivity index (χ0) is 11.4. The van der Waals surface area contributed by atoms with Gasteiger partial charge in [0.25, 0.3) is 0 Å². The van der Waals surface area contributed by atoms with Crippen molar-refractivity contribution < 1.29 is 4.74 Å². The highest BCUT2D eigenvalue weighted by Gasteiger charge is 2.15. The molecule has 1 aliphatic carbocycles. The first kappa shape index (κ1) is 12.0. The topological polar surface area (TPSA) is 22.1 Å². The number of alkyl halides is 1. The third kappa shape index (κ3) is 3.02. The lowest BCUT2D eigenvalue weighted by atomic mass is 9.98. The van der Waals surface area contributed by atoms with Gasteiger partial charge in [-0.05, 0) is 31.2 Å². The average molecular weight is 260 g/mol. The maximum absolute atomic E-state index is 5.94. The smallest absolute Gasteiger partial charge is 0.213 e. The van der Waals surface area contributed by atoms with Crippen LogP contribution in [0.4, 0.5) is 0 Å². The van der Waals surface area contributed by atoms with Gasteiger partial charge in [0.15, 0.2) is 0 Å². The van der Waals surface area contributed by atoms with Gasteiger partial charge in [-0.1, -0.05) is 18.0 Å². The highest BCUT2D eigenvalue weighted by atomic mass is 35.5. The Hall–Kier alpha value is -0.470. The van der Waals surface area contributed by atoms with E-state index in [9.17, 15) is 0 Å². The molecule has 0 aliphatic heterocycles. The standard InChI is InChI=1S/C12H15Cl2NO/c13-7-9-6-12(15-8-11(9)14)16-10-4-2-1-3-5-10/h6,8,10H,1-5,7H2. The fraction of sp³-hybridized carbons (Fsp3) is 0.583. The quantitative estimate of drug-likeness (QED) is 0.760. The monoisotopic (exact) mass is 259 g/mol. The summed E-state index contributed by atoms with van der Waals surface area (Å²) in [5.74, 6) is 1.04. The Morgan fingerprint density at radius 2 is 2.06 bits per heavy atom. The molecule has 2 rings (SSSR count). The van der Waals surface area contributed by atoms with Crippen LogP contribution in [0, 0.1) is 0 Å². The highest BCUT2D eigenvalue weighted by Crippen LogP contribution is 2.25. The Morgan fingerprint density at radius 1 is 1.31 bits per heavy atom. The van der Waals surface area contributed by atoms with Crippen LogP contribution in [-0.2, 0) is 5.88 Å². The van der Waals surface area contributed by atoms with E-state index in [1.165, 1.54) is 19.3 Å². The molecular formula is C12H15Cl2NO. The summed E-state index contributed by atoms with van der Waals surface area (Å²) in [6, 6.07) is 1.84. The summed E-state index contributed by atoms with van der Waals surface area (Å²) in [6.07, 6.45) is 7.99. The predicted molar refractivity (Wildman–Crippen MR) is 66.3 cm³/mol. The molecule has 88 valence electrons. The molecular weight excluding hydrogens is 245 g/mol. The predicted octanol–water partition coefficient (Wildman–Crippen LogP) is 4.19. The maximum atomic E-state index is 5.94. The Kier molecular flexibility index (Phi) is 4.30. The van der Waals surface area contributed by atoms with Crippen LogP contribution in [0.5, 0.6) is 5.88 Å². The van der Waals surface area contributed by atoms with Crippen LogP contribution in [0.3, 0.4) is 0 Å². The number of hydrogen-bond donors (Lipinski definition) is 0. The summed E-state index contributed by atoms with van der Waals surface area (Å²) in [6.45, 7) is 0. The Bertz CT molecular complexity index is 351. The number of pyridine rings is 1. The molecule has 0 unspecified atom stereocenters. The number of ether oxygens (including phenoxy) is 1. The van der Waals surface area contributed by atoms with E-state index in [-0.39, 0.29) is 0 Å². The molecule has 1 aromatic heterocycles. The number of halogens is 2. The summed E-state index contributed by atoms with van der Waals surface area (Å²) in [7, 11) is 0. The molecule has 0 atom stereocenters. The SMILES string of the molecule is ClCc1cc(OC2CCCCC2)ncc1Cl. The first-order valence-electron chi connectivity index (χ1n) is 5.66. The van der Waals surface area contributed by atoms with E-state index in [4.69, 9.17) is 27.9 Å². The zero-order valence-corrected chi connectivity index (χ0v) is 10.6. The molecule has 1 heterocycles. The molecule has 1 saturated carbocycles. The molecule has 4 heteroatoms. The van der Waals surface area contributed by atoms with Gasteiger partial charge < -0.3 is 4.74 Å². The number of hydrogen-bond acceptors (Lipinski definition) is 2. The van der Waals surface area contributed by atoms with E-state index in [1.54, 1.807) is 6.20 Å². The van der Waals surface area contributed by atoms with E-state index in [2.05, 4.69) is 4.98 Å². The van der Waals surface area contributed by atoms with Crippen molar-refractivity contribution in [3.8, 4) is 5.88 Å². The van der Waals surface area contributed by atoms with Crippen LogP contribution >= 0.6 is 23.2 Å². The van der Waals surface area contributed by atoms with Gasteiger partial charge in [-0.25, -0.2) is 4.98 Å². The van der Waals surface area contributed by atoms with Gasteiger partial charge in [0.2, 0.25) is 5.88 Å². The van der Waals surface area contributed by atoms with E-state index >= 15 is 0 Å². The summed E-state index contributed by atoms with van der Waals surface area (Å²) < 4.78 is 5.82. The van der Waals surface area contributed by atoms with Gasteiger partial charge in [0.05, 0.1) is 5.02 Å². The van der Waals surface area contributed by atoms with Crippen molar-refractivity contribution in [1.29, 1.82) is 0 Å². The van der Waals surface area contributed by atoms with E-state index in [0.717, 1.165) is 18.4 Å². The van der Waals surface area contributed by atoms with Gasteiger partial charge in [-0.15, -0.1) is 11.6 Å². The Morgan fingerprint density at radius 3 is 2.75 bits per heavy atom. The second-order valence-corrected chi connectivity index (χ2v) is 4.80. The molecule has 0 N–H and O–H groups in total. The minimum Gasteiger partial charge on any atom is -0.474 e. The van der Waals surface area contributed by atoms with Crippen molar-refractivity contribution in [2.45, 2.75) is 44.1 Å². The molecule has 0 aromatic carbocycles. The summed E-state index contributed by atoms with van der Waals surface area (Å²) in [4.78, 5) is 4.17. The Labute approximate surface area is 106 Å². The number of aromatic nitrogens is 1. The van der Waals surface area contributed by atoms with Gasteiger partial charge in [0.1, 0.15) is 6.10 Å². The van der Waals surface area contributed by atoms with E-state index in [0.29, 0.717) is 22.9 Å². The van der Waals surface area contributed by atoms with Gasteiger partial charge in [-0.2, -0.15) is 0 Å². The lowest BCUT2D eigenvalue weighted by Crippen LogP contribution is -2.20. The third-order valence-corrected chi connectivity index (χ3v) is 3.52. The molecule has 0 radical (unpaired) electrons. The van der Waals surface area contributed by atoms with Gasteiger partial charge >= 0.3 is 0 Å². The van der Waals surface area contributed by atoms with Crippen molar-refractivity contribution in [3.63, 3.8) is 0 Å². The molecule has 0 saturated heterocycles. The zero-order valence-electron chi connectivity index (χ0n) is 9.09. The average Bonchev–Trinajstić information content (AvgIpc) is 2.33. The highest BCUT2D eigenvalue weighted by molar-refractivity contribution is 6.32. The second kappa shape index (κ2) is 5.74. The van der Waals surface area contributed by atoms with Crippen LogP contribution in [0.15, 0.2) is 12.3 Å². The molecule has 1 aromatic rings. The van der Waals surface area contributed by atoms with Crippen molar-refractivity contribution >= 4 is 23.2 Å². The molecule has 2 nitrogen and oxygen atoms in total.